The fourth-order valence-corrected chi connectivity index (χ4v) is 3.34. The van der Waals surface area contributed by atoms with Crippen LogP contribution in [0, 0.1) is 0 Å². The van der Waals surface area contributed by atoms with Gasteiger partial charge in [0.2, 0.25) is 0 Å². The van der Waals surface area contributed by atoms with Crippen LogP contribution in [0.3, 0.4) is 0 Å². The second kappa shape index (κ2) is 10.8. The van der Waals surface area contributed by atoms with Crippen LogP contribution >= 0.6 is 0 Å². The monoisotopic (exact) mass is 360 g/mol. The highest BCUT2D eigenvalue weighted by Gasteiger charge is 2.17. The van der Waals surface area contributed by atoms with Gasteiger partial charge in [0.1, 0.15) is 0 Å². The van der Waals surface area contributed by atoms with E-state index in [4.69, 9.17) is 0 Å². The average Bonchev–Trinajstić information content (AvgIpc) is 2.67. The van der Waals surface area contributed by atoms with Crippen LogP contribution < -0.4 is 16.0 Å². The van der Waals surface area contributed by atoms with E-state index in [1.54, 1.807) is 19.2 Å². The predicted molar refractivity (Wildman–Crippen MR) is 104 cm³/mol. The summed E-state index contributed by atoms with van der Waals surface area (Å²) in [5, 5.41) is 8.34. The highest BCUT2D eigenvalue weighted by Crippen LogP contribution is 2.16. The molecule has 0 bridgehead atoms. The normalized spacial score (nSPS) is 17.5. The Bertz CT molecular complexity index is 591. The molecule has 1 aliphatic heterocycles. The first-order valence-electron chi connectivity index (χ1n) is 9.67. The lowest BCUT2D eigenvalue weighted by Gasteiger charge is -2.33. The first-order chi connectivity index (χ1) is 12.6. The summed E-state index contributed by atoms with van der Waals surface area (Å²) < 4.78 is 0. The van der Waals surface area contributed by atoms with Crippen molar-refractivity contribution < 1.29 is 9.59 Å². The van der Waals surface area contributed by atoms with Crippen molar-refractivity contribution in [3.8, 4) is 0 Å². The second-order valence-corrected chi connectivity index (χ2v) is 6.98. The number of nitrogens with one attached hydrogen (secondary N) is 3. The molecule has 0 radical (unpaired) electrons. The number of benzene rings is 1. The van der Waals surface area contributed by atoms with Crippen molar-refractivity contribution in [2.75, 3.05) is 26.7 Å². The summed E-state index contributed by atoms with van der Waals surface area (Å²) in [7, 11) is 1.60. The Kier molecular flexibility index (Phi) is 8.41. The summed E-state index contributed by atoms with van der Waals surface area (Å²) in [5.41, 5.74) is 1.50. The maximum Gasteiger partial charge on any atom is 0.315 e. The molecule has 3 N–H and O–H groups in total. The standard InChI is InChI=1S/C20H32N4O2/c1-16-8-3-5-12-24(16)13-6-4-11-22-20(26)23-15-17-9-7-10-18(14-17)19(25)21-2/h7,9-10,14,16H,3-6,8,11-13,15H2,1-2H3,(H,21,25)(H2,22,23,26). The third-order valence-corrected chi connectivity index (χ3v) is 4.97. The minimum absolute atomic E-state index is 0.126. The highest BCUT2D eigenvalue weighted by molar-refractivity contribution is 5.94. The Balaban J connectivity index is 1.59. The number of hydrogen-bond donors (Lipinski definition) is 3. The van der Waals surface area contributed by atoms with Gasteiger partial charge in [0, 0.05) is 31.7 Å². The molecule has 1 saturated heterocycles. The van der Waals surface area contributed by atoms with E-state index in [1.165, 1.54) is 25.8 Å². The number of piperidine rings is 1. The van der Waals surface area contributed by atoms with Gasteiger partial charge < -0.3 is 20.9 Å². The van der Waals surface area contributed by atoms with Crippen LogP contribution in [0.25, 0.3) is 0 Å². The van der Waals surface area contributed by atoms with Crippen LogP contribution in [0.2, 0.25) is 0 Å². The van der Waals surface area contributed by atoms with Gasteiger partial charge >= 0.3 is 6.03 Å². The Hall–Kier alpha value is -2.08. The van der Waals surface area contributed by atoms with Crippen molar-refractivity contribution in [3.05, 3.63) is 35.4 Å². The van der Waals surface area contributed by atoms with Crippen LogP contribution in [-0.2, 0) is 6.54 Å². The fraction of sp³-hybridized carbons (Fsp3) is 0.600. The van der Waals surface area contributed by atoms with E-state index in [1.807, 2.05) is 12.1 Å². The van der Waals surface area contributed by atoms with Gasteiger partial charge in [-0.1, -0.05) is 18.6 Å². The predicted octanol–water partition coefficient (Wildman–Crippen LogP) is 2.50. The highest BCUT2D eigenvalue weighted by atomic mass is 16.2. The van der Waals surface area contributed by atoms with E-state index in [0.29, 0.717) is 24.7 Å². The van der Waals surface area contributed by atoms with E-state index >= 15 is 0 Å². The number of rotatable bonds is 8. The molecule has 0 aliphatic carbocycles. The summed E-state index contributed by atoms with van der Waals surface area (Å²) in [6.07, 6.45) is 6.07. The van der Waals surface area contributed by atoms with Crippen LogP contribution in [0.1, 0.15) is 54.9 Å². The molecule has 6 heteroatoms. The van der Waals surface area contributed by atoms with Crippen molar-refractivity contribution in [2.45, 2.75) is 51.6 Å². The molecule has 1 fully saturated rings. The third-order valence-electron chi connectivity index (χ3n) is 4.97. The molecule has 1 aliphatic rings. The first-order valence-corrected chi connectivity index (χ1v) is 9.67. The Morgan fingerprint density at radius 3 is 2.81 bits per heavy atom. The number of urea groups is 1. The van der Waals surface area contributed by atoms with Crippen molar-refractivity contribution in [2.24, 2.45) is 0 Å². The zero-order chi connectivity index (χ0) is 18.8. The van der Waals surface area contributed by atoms with Crippen LogP contribution in [0.5, 0.6) is 0 Å². The molecule has 1 unspecified atom stereocenters. The van der Waals surface area contributed by atoms with E-state index in [0.717, 1.165) is 24.9 Å². The first kappa shape index (κ1) is 20.2. The number of likely N-dealkylation sites (tertiary alicyclic amines) is 1. The minimum atomic E-state index is -0.165. The Labute approximate surface area is 156 Å². The molecule has 3 amide bonds. The minimum Gasteiger partial charge on any atom is -0.355 e. The van der Waals surface area contributed by atoms with Gasteiger partial charge in [-0.25, -0.2) is 4.79 Å². The molecular weight excluding hydrogens is 328 g/mol. The Morgan fingerprint density at radius 2 is 2.04 bits per heavy atom. The maximum absolute atomic E-state index is 11.9. The summed E-state index contributed by atoms with van der Waals surface area (Å²) in [6.45, 7) is 5.74. The lowest BCUT2D eigenvalue weighted by Crippen LogP contribution is -2.38. The molecule has 1 atom stereocenters. The van der Waals surface area contributed by atoms with E-state index in [9.17, 15) is 9.59 Å². The van der Waals surface area contributed by atoms with Crippen molar-refractivity contribution >= 4 is 11.9 Å². The molecule has 26 heavy (non-hydrogen) atoms. The van der Waals surface area contributed by atoms with Gasteiger partial charge in [-0.3, -0.25) is 4.79 Å². The average molecular weight is 361 g/mol. The van der Waals surface area contributed by atoms with Gasteiger partial charge in [-0.05, 0) is 63.4 Å². The topological polar surface area (TPSA) is 73.5 Å². The third kappa shape index (κ3) is 6.67. The van der Waals surface area contributed by atoms with Gasteiger partial charge in [0.25, 0.3) is 5.91 Å². The fourth-order valence-electron chi connectivity index (χ4n) is 3.34. The number of carbonyl (C=O) groups is 2. The molecule has 144 valence electrons. The number of hydrogen-bond acceptors (Lipinski definition) is 3. The molecule has 0 saturated carbocycles. The van der Waals surface area contributed by atoms with Gasteiger partial charge in [0.05, 0.1) is 0 Å². The summed E-state index contributed by atoms with van der Waals surface area (Å²) in [5.74, 6) is -0.126. The number of carbonyl (C=O) groups excluding carboxylic acids is 2. The van der Waals surface area contributed by atoms with E-state index < -0.39 is 0 Å². The van der Waals surface area contributed by atoms with Crippen LogP contribution in [-0.4, -0.2) is 49.6 Å². The molecule has 1 aromatic rings. The zero-order valence-corrected chi connectivity index (χ0v) is 16.0. The molecule has 0 aromatic heterocycles. The lowest BCUT2D eigenvalue weighted by atomic mass is 10.0. The van der Waals surface area contributed by atoms with E-state index in [2.05, 4.69) is 27.8 Å². The summed E-state index contributed by atoms with van der Waals surface area (Å²) in [6, 6.07) is 7.80. The molecule has 1 aromatic carbocycles. The molecular formula is C20H32N4O2. The molecule has 2 rings (SSSR count). The summed E-state index contributed by atoms with van der Waals surface area (Å²) in [4.78, 5) is 26.1. The summed E-state index contributed by atoms with van der Waals surface area (Å²) >= 11 is 0. The molecule has 6 nitrogen and oxygen atoms in total. The number of unbranched alkanes of at least 4 members (excludes halogenated alkanes) is 1. The Morgan fingerprint density at radius 1 is 1.19 bits per heavy atom. The van der Waals surface area contributed by atoms with Crippen LogP contribution in [0.4, 0.5) is 4.79 Å². The van der Waals surface area contributed by atoms with Gasteiger partial charge in [-0.2, -0.15) is 0 Å². The number of nitrogens with zero attached hydrogens (tertiary/aromatic N) is 1. The van der Waals surface area contributed by atoms with E-state index in [-0.39, 0.29) is 11.9 Å². The largest absolute Gasteiger partial charge is 0.355 e. The van der Waals surface area contributed by atoms with Crippen molar-refractivity contribution in [1.29, 1.82) is 0 Å². The zero-order valence-electron chi connectivity index (χ0n) is 16.0. The van der Waals surface area contributed by atoms with Gasteiger partial charge in [-0.15, -0.1) is 0 Å². The van der Waals surface area contributed by atoms with Crippen molar-refractivity contribution in [3.63, 3.8) is 0 Å². The smallest absolute Gasteiger partial charge is 0.315 e. The van der Waals surface area contributed by atoms with Gasteiger partial charge in [0.15, 0.2) is 0 Å². The molecule has 1 heterocycles. The second-order valence-electron chi connectivity index (χ2n) is 6.98. The van der Waals surface area contributed by atoms with Crippen molar-refractivity contribution in [1.82, 2.24) is 20.9 Å². The molecule has 0 spiro atoms. The quantitative estimate of drug-likeness (QED) is 0.624. The maximum atomic E-state index is 11.9. The SMILES string of the molecule is CNC(=O)c1cccc(CNC(=O)NCCCCN2CCCCC2C)c1. The number of amides is 3. The lowest BCUT2D eigenvalue weighted by molar-refractivity contribution is 0.0963. The van der Waals surface area contributed by atoms with Crippen LogP contribution in [0.15, 0.2) is 24.3 Å².